The maximum absolute atomic E-state index is 12.0. The number of thioether (sulfide) groups is 1. The molecule has 0 bridgehead atoms. The summed E-state index contributed by atoms with van der Waals surface area (Å²) in [4.78, 5) is 12.0. The van der Waals surface area contributed by atoms with Crippen LogP contribution < -0.4 is 14.8 Å². The standard InChI is InChI=1S/C16H16ClN3O3S2/c1-2-24-16-20-19-15(25-16)18-13(21)5-4-10-8-11(17)14-12(9-10)22-6-3-7-23-14/h4-5,8-9H,2-3,6-7H2,1H3,(H,18,19,21)/b5-4+. The van der Waals surface area contributed by atoms with Crippen LogP contribution in [0.3, 0.4) is 0 Å². The molecule has 3 rings (SSSR count). The van der Waals surface area contributed by atoms with Crippen LogP contribution in [0, 0.1) is 0 Å². The number of ether oxygens (including phenoxy) is 2. The molecular formula is C16H16ClN3O3S2. The molecule has 1 aromatic heterocycles. The zero-order valence-corrected chi connectivity index (χ0v) is 15.8. The summed E-state index contributed by atoms with van der Waals surface area (Å²) in [6, 6.07) is 3.54. The van der Waals surface area contributed by atoms with Gasteiger partial charge < -0.3 is 9.47 Å². The molecule has 0 fully saturated rings. The fraction of sp³-hybridized carbons (Fsp3) is 0.312. The second kappa shape index (κ2) is 8.55. The number of nitrogens with one attached hydrogen (secondary N) is 1. The Morgan fingerprint density at radius 3 is 3.08 bits per heavy atom. The van der Waals surface area contributed by atoms with Gasteiger partial charge in [-0.15, -0.1) is 10.2 Å². The lowest BCUT2D eigenvalue weighted by Crippen LogP contribution is -2.07. The van der Waals surface area contributed by atoms with Gasteiger partial charge >= 0.3 is 0 Å². The zero-order chi connectivity index (χ0) is 17.6. The number of carbonyl (C=O) groups excluding carboxylic acids is 1. The highest BCUT2D eigenvalue weighted by atomic mass is 35.5. The van der Waals surface area contributed by atoms with Crippen LogP contribution in [0.2, 0.25) is 5.02 Å². The Bertz CT molecular complexity index is 795. The molecule has 1 amide bonds. The van der Waals surface area contributed by atoms with Crippen molar-refractivity contribution < 1.29 is 14.3 Å². The molecule has 0 unspecified atom stereocenters. The Morgan fingerprint density at radius 2 is 2.24 bits per heavy atom. The number of nitrogens with zero attached hydrogens (tertiary/aromatic N) is 2. The van der Waals surface area contributed by atoms with Gasteiger partial charge in [-0.05, 0) is 29.5 Å². The molecule has 1 aliphatic heterocycles. The number of fused-ring (bicyclic) bond motifs is 1. The van der Waals surface area contributed by atoms with E-state index >= 15 is 0 Å². The molecule has 6 nitrogen and oxygen atoms in total. The number of amides is 1. The van der Waals surface area contributed by atoms with Gasteiger partial charge in [0.2, 0.25) is 11.0 Å². The summed E-state index contributed by atoms with van der Waals surface area (Å²) in [7, 11) is 0. The minimum Gasteiger partial charge on any atom is -0.489 e. The highest BCUT2D eigenvalue weighted by Gasteiger charge is 2.15. The third-order valence-corrected chi connectivity index (χ3v) is 5.29. The summed E-state index contributed by atoms with van der Waals surface area (Å²) in [6.45, 7) is 3.18. The van der Waals surface area contributed by atoms with Gasteiger partial charge in [-0.1, -0.05) is 41.6 Å². The third kappa shape index (κ3) is 4.87. The number of aromatic nitrogens is 2. The molecule has 1 aromatic carbocycles. The van der Waals surface area contributed by atoms with Gasteiger partial charge in [0, 0.05) is 12.5 Å². The van der Waals surface area contributed by atoms with Gasteiger partial charge in [-0.25, -0.2) is 0 Å². The molecule has 1 aliphatic rings. The molecule has 9 heteroatoms. The maximum atomic E-state index is 12.0. The lowest BCUT2D eigenvalue weighted by atomic mass is 10.2. The van der Waals surface area contributed by atoms with E-state index in [4.69, 9.17) is 21.1 Å². The normalized spacial score (nSPS) is 13.7. The number of hydrogen-bond acceptors (Lipinski definition) is 7. The molecular weight excluding hydrogens is 382 g/mol. The van der Waals surface area contributed by atoms with Gasteiger partial charge in [-0.3, -0.25) is 10.1 Å². The zero-order valence-electron chi connectivity index (χ0n) is 13.5. The van der Waals surface area contributed by atoms with Crippen molar-refractivity contribution in [2.75, 3.05) is 24.3 Å². The fourth-order valence-corrected chi connectivity index (χ4v) is 4.03. The van der Waals surface area contributed by atoms with Crippen LogP contribution in [0.5, 0.6) is 11.5 Å². The number of hydrogen-bond donors (Lipinski definition) is 1. The Kier molecular flexibility index (Phi) is 6.17. The second-order valence-corrected chi connectivity index (χ2v) is 7.91. The first kappa shape index (κ1) is 18.0. The monoisotopic (exact) mass is 397 g/mol. The van der Waals surface area contributed by atoms with Gasteiger partial charge in [0.25, 0.3) is 0 Å². The van der Waals surface area contributed by atoms with Gasteiger partial charge in [0.15, 0.2) is 15.8 Å². The Morgan fingerprint density at radius 1 is 1.40 bits per heavy atom. The van der Waals surface area contributed by atoms with Gasteiger partial charge in [0.05, 0.1) is 18.2 Å². The number of anilines is 1. The quantitative estimate of drug-likeness (QED) is 0.465. The van der Waals surface area contributed by atoms with Crippen molar-refractivity contribution in [3.8, 4) is 11.5 Å². The van der Waals surface area contributed by atoms with E-state index in [2.05, 4.69) is 15.5 Å². The molecule has 0 aliphatic carbocycles. The summed E-state index contributed by atoms with van der Waals surface area (Å²) in [6.07, 6.45) is 3.89. The summed E-state index contributed by atoms with van der Waals surface area (Å²) >= 11 is 9.17. The van der Waals surface area contributed by atoms with Crippen LogP contribution in [0.1, 0.15) is 18.9 Å². The van der Waals surface area contributed by atoms with E-state index in [1.165, 1.54) is 17.4 Å². The van der Waals surface area contributed by atoms with Crippen molar-refractivity contribution in [1.29, 1.82) is 0 Å². The predicted molar refractivity (Wildman–Crippen MR) is 101 cm³/mol. The van der Waals surface area contributed by atoms with E-state index in [9.17, 15) is 4.79 Å². The fourth-order valence-electron chi connectivity index (χ4n) is 2.11. The number of benzene rings is 1. The Hall–Kier alpha value is -1.77. The molecule has 0 radical (unpaired) electrons. The topological polar surface area (TPSA) is 73.3 Å². The molecule has 2 heterocycles. The first-order chi connectivity index (χ1) is 12.2. The van der Waals surface area contributed by atoms with E-state index in [0.717, 1.165) is 22.1 Å². The summed E-state index contributed by atoms with van der Waals surface area (Å²) in [5.74, 6) is 1.77. The van der Waals surface area contributed by atoms with Crippen molar-refractivity contribution in [3.05, 3.63) is 28.8 Å². The molecule has 2 aromatic rings. The molecule has 0 atom stereocenters. The van der Waals surface area contributed by atoms with Crippen LogP contribution in [-0.4, -0.2) is 35.1 Å². The summed E-state index contributed by atoms with van der Waals surface area (Å²) < 4.78 is 12.1. The molecule has 1 N–H and O–H groups in total. The molecule has 132 valence electrons. The van der Waals surface area contributed by atoms with E-state index in [1.807, 2.05) is 6.92 Å². The summed E-state index contributed by atoms with van der Waals surface area (Å²) in [5.41, 5.74) is 0.754. The molecule has 0 saturated heterocycles. The van der Waals surface area contributed by atoms with E-state index in [-0.39, 0.29) is 5.91 Å². The van der Waals surface area contributed by atoms with Crippen LogP contribution in [0.4, 0.5) is 5.13 Å². The van der Waals surface area contributed by atoms with Crippen LogP contribution in [0.25, 0.3) is 6.08 Å². The first-order valence-electron chi connectivity index (χ1n) is 7.70. The van der Waals surface area contributed by atoms with Crippen LogP contribution in [-0.2, 0) is 4.79 Å². The Labute approximate surface area is 158 Å². The van der Waals surface area contributed by atoms with Crippen molar-refractivity contribution in [3.63, 3.8) is 0 Å². The van der Waals surface area contributed by atoms with E-state index in [0.29, 0.717) is 34.9 Å². The van der Waals surface area contributed by atoms with E-state index < -0.39 is 0 Å². The average molecular weight is 398 g/mol. The predicted octanol–water partition coefficient (Wildman–Crippen LogP) is 4.12. The van der Waals surface area contributed by atoms with E-state index in [1.54, 1.807) is 30.0 Å². The average Bonchev–Trinajstić information content (AvgIpc) is 2.88. The molecule has 0 saturated carbocycles. The van der Waals surface area contributed by atoms with Crippen LogP contribution in [0.15, 0.2) is 22.5 Å². The maximum Gasteiger partial charge on any atom is 0.250 e. The van der Waals surface area contributed by atoms with Crippen molar-refractivity contribution in [2.24, 2.45) is 0 Å². The van der Waals surface area contributed by atoms with Crippen molar-refractivity contribution >= 4 is 51.8 Å². The summed E-state index contributed by atoms with van der Waals surface area (Å²) in [5, 5.41) is 11.6. The number of halogens is 1. The van der Waals surface area contributed by atoms with Crippen molar-refractivity contribution in [1.82, 2.24) is 10.2 Å². The minimum absolute atomic E-state index is 0.285. The highest BCUT2D eigenvalue weighted by molar-refractivity contribution is 8.01. The Balaban J connectivity index is 1.67. The smallest absolute Gasteiger partial charge is 0.250 e. The van der Waals surface area contributed by atoms with Gasteiger partial charge in [0.1, 0.15) is 0 Å². The number of carbonyl (C=O) groups is 1. The second-order valence-electron chi connectivity index (χ2n) is 5.01. The lowest BCUT2D eigenvalue weighted by molar-refractivity contribution is -0.111. The SMILES string of the molecule is CCSc1nnc(NC(=O)/C=C/c2cc(Cl)c3c(c2)OCCCO3)s1. The lowest BCUT2D eigenvalue weighted by Gasteiger charge is -2.09. The van der Waals surface area contributed by atoms with Crippen molar-refractivity contribution in [2.45, 2.75) is 17.7 Å². The molecule has 0 spiro atoms. The third-order valence-electron chi connectivity index (χ3n) is 3.16. The van der Waals surface area contributed by atoms with Crippen LogP contribution >= 0.6 is 34.7 Å². The minimum atomic E-state index is -0.285. The first-order valence-corrected chi connectivity index (χ1v) is 9.88. The largest absolute Gasteiger partial charge is 0.489 e. The number of rotatable bonds is 5. The highest BCUT2D eigenvalue weighted by Crippen LogP contribution is 2.38. The van der Waals surface area contributed by atoms with Gasteiger partial charge in [-0.2, -0.15) is 0 Å². The molecule has 25 heavy (non-hydrogen) atoms.